The molecule has 1 aromatic heterocycles. The Balaban J connectivity index is 1.96. The summed E-state index contributed by atoms with van der Waals surface area (Å²) in [5.41, 5.74) is 9.54. The lowest BCUT2D eigenvalue weighted by Gasteiger charge is -2.10. The van der Waals surface area contributed by atoms with E-state index in [-0.39, 0.29) is 0 Å². The molecule has 0 spiro atoms. The van der Waals surface area contributed by atoms with Gasteiger partial charge in [-0.15, -0.1) is 0 Å². The number of rotatable bonds is 4. The maximum absolute atomic E-state index is 6.00. The maximum atomic E-state index is 6.00. The van der Waals surface area contributed by atoms with Crippen LogP contribution in [0.15, 0.2) is 24.4 Å². The van der Waals surface area contributed by atoms with E-state index in [1.807, 2.05) is 38.4 Å². The third-order valence-electron chi connectivity index (χ3n) is 2.81. The predicted molar refractivity (Wildman–Crippen MR) is 76.0 cm³/mol. The number of halogens is 1. The van der Waals surface area contributed by atoms with Gasteiger partial charge in [0, 0.05) is 31.9 Å². The largest absolute Gasteiger partial charge is 0.398 e. The van der Waals surface area contributed by atoms with Gasteiger partial charge in [0.1, 0.15) is 0 Å². The summed E-state index contributed by atoms with van der Waals surface area (Å²) >= 11 is 6.00. The van der Waals surface area contributed by atoms with Crippen LogP contribution in [0.5, 0.6) is 0 Å². The van der Waals surface area contributed by atoms with Crippen molar-refractivity contribution in [3.05, 3.63) is 40.7 Å². The molecule has 4 nitrogen and oxygen atoms in total. The molecule has 5 heteroatoms. The van der Waals surface area contributed by atoms with Gasteiger partial charge in [-0.2, -0.15) is 5.10 Å². The summed E-state index contributed by atoms with van der Waals surface area (Å²) in [6.45, 7) is 2.83. The van der Waals surface area contributed by atoms with Crippen molar-refractivity contribution in [2.45, 2.75) is 13.3 Å². The predicted octanol–water partition coefficient (Wildman–Crippen LogP) is 2.62. The molecular weight excluding hydrogens is 248 g/mol. The van der Waals surface area contributed by atoms with E-state index in [1.165, 1.54) is 0 Å². The van der Waals surface area contributed by atoms with Gasteiger partial charge >= 0.3 is 0 Å². The van der Waals surface area contributed by atoms with Gasteiger partial charge in [0.15, 0.2) is 0 Å². The number of aryl methyl sites for hydroxylation is 2. The SMILES string of the molecule is Cc1cc(N)c(Cl)cc1NCCc1ccn(C)n1. The van der Waals surface area contributed by atoms with E-state index in [4.69, 9.17) is 17.3 Å². The molecule has 0 amide bonds. The second-order valence-electron chi connectivity index (χ2n) is 4.35. The maximum Gasteiger partial charge on any atom is 0.0656 e. The summed E-state index contributed by atoms with van der Waals surface area (Å²) in [7, 11) is 1.92. The lowest BCUT2D eigenvalue weighted by molar-refractivity contribution is 0.742. The molecule has 96 valence electrons. The number of nitrogens with one attached hydrogen (secondary N) is 1. The third kappa shape index (κ3) is 2.96. The van der Waals surface area contributed by atoms with Crippen molar-refractivity contribution in [2.24, 2.45) is 7.05 Å². The fraction of sp³-hybridized carbons (Fsp3) is 0.308. The van der Waals surface area contributed by atoms with Crippen LogP contribution in [0.25, 0.3) is 0 Å². The standard InChI is InChI=1S/C13H17ClN4/c1-9-7-12(15)11(14)8-13(9)16-5-3-10-4-6-18(2)17-10/h4,6-8,16H,3,5,15H2,1-2H3. The smallest absolute Gasteiger partial charge is 0.0656 e. The number of benzene rings is 1. The molecule has 0 aliphatic carbocycles. The Morgan fingerprint density at radius 2 is 2.22 bits per heavy atom. The summed E-state index contributed by atoms with van der Waals surface area (Å²) in [6.07, 6.45) is 2.82. The average Bonchev–Trinajstić information content (AvgIpc) is 2.71. The van der Waals surface area contributed by atoms with E-state index in [0.29, 0.717) is 10.7 Å². The molecule has 0 aliphatic heterocycles. The monoisotopic (exact) mass is 264 g/mol. The highest BCUT2D eigenvalue weighted by molar-refractivity contribution is 6.33. The van der Waals surface area contributed by atoms with E-state index in [2.05, 4.69) is 10.4 Å². The van der Waals surface area contributed by atoms with Crippen LogP contribution in [-0.2, 0) is 13.5 Å². The minimum absolute atomic E-state index is 0.584. The molecule has 0 aliphatic rings. The van der Waals surface area contributed by atoms with Gasteiger partial charge in [-0.1, -0.05) is 11.6 Å². The topological polar surface area (TPSA) is 55.9 Å². The number of hydrogen-bond donors (Lipinski definition) is 2. The number of nitrogens with two attached hydrogens (primary N) is 1. The van der Waals surface area contributed by atoms with E-state index in [0.717, 1.165) is 29.9 Å². The van der Waals surface area contributed by atoms with Gasteiger partial charge in [0.25, 0.3) is 0 Å². The highest BCUT2D eigenvalue weighted by Gasteiger charge is 2.03. The van der Waals surface area contributed by atoms with Crippen LogP contribution in [-0.4, -0.2) is 16.3 Å². The van der Waals surface area contributed by atoms with Crippen molar-refractivity contribution in [1.82, 2.24) is 9.78 Å². The van der Waals surface area contributed by atoms with Gasteiger partial charge in [-0.25, -0.2) is 0 Å². The van der Waals surface area contributed by atoms with Crippen LogP contribution in [0, 0.1) is 6.92 Å². The first-order chi connectivity index (χ1) is 8.56. The second kappa shape index (κ2) is 5.31. The van der Waals surface area contributed by atoms with Crippen molar-refractivity contribution < 1.29 is 0 Å². The fourth-order valence-electron chi connectivity index (χ4n) is 1.82. The molecule has 3 N–H and O–H groups in total. The molecule has 0 bridgehead atoms. The molecule has 0 saturated carbocycles. The lowest BCUT2D eigenvalue weighted by Crippen LogP contribution is -2.07. The Morgan fingerprint density at radius 1 is 1.44 bits per heavy atom. The first-order valence-corrected chi connectivity index (χ1v) is 6.22. The van der Waals surface area contributed by atoms with Crippen molar-refractivity contribution >= 4 is 23.0 Å². The van der Waals surface area contributed by atoms with Crippen LogP contribution in [0.3, 0.4) is 0 Å². The summed E-state index contributed by atoms with van der Waals surface area (Å²) in [5, 5.41) is 8.26. The van der Waals surface area contributed by atoms with Gasteiger partial charge in [-0.05, 0) is 30.7 Å². The molecule has 0 radical (unpaired) electrons. The summed E-state index contributed by atoms with van der Waals surface area (Å²) in [6, 6.07) is 5.76. The Hall–Kier alpha value is -1.68. The molecule has 2 rings (SSSR count). The van der Waals surface area contributed by atoms with Crippen molar-refractivity contribution in [3.8, 4) is 0 Å². The Labute approximate surface area is 112 Å². The van der Waals surface area contributed by atoms with Gasteiger partial charge in [0.05, 0.1) is 16.4 Å². The summed E-state index contributed by atoms with van der Waals surface area (Å²) in [5.74, 6) is 0. The highest BCUT2D eigenvalue weighted by atomic mass is 35.5. The van der Waals surface area contributed by atoms with Crippen molar-refractivity contribution in [1.29, 1.82) is 0 Å². The van der Waals surface area contributed by atoms with Crippen LogP contribution in [0.2, 0.25) is 5.02 Å². The van der Waals surface area contributed by atoms with Crippen LogP contribution < -0.4 is 11.1 Å². The molecule has 18 heavy (non-hydrogen) atoms. The minimum Gasteiger partial charge on any atom is -0.398 e. The quantitative estimate of drug-likeness (QED) is 0.835. The Morgan fingerprint density at radius 3 is 2.89 bits per heavy atom. The Bertz CT molecular complexity index is 548. The van der Waals surface area contributed by atoms with E-state index in [9.17, 15) is 0 Å². The molecular formula is C13H17ClN4. The van der Waals surface area contributed by atoms with Crippen molar-refractivity contribution in [2.75, 3.05) is 17.6 Å². The fourth-order valence-corrected chi connectivity index (χ4v) is 1.98. The first-order valence-electron chi connectivity index (χ1n) is 5.84. The highest BCUT2D eigenvalue weighted by Crippen LogP contribution is 2.26. The number of nitrogen functional groups attached to an aromatic ring is 1. The molecule has 2 aromatic rings. The molecule has 1 aromatic carbocycles. The zero-order valence-electron chi connectivity index (χ0n) is 10.6. The van der Waals surface area contributed by atoms with Gasteiger partial charge in [0.2, 0.25) is 0 Å². The minimum atomic E-state index is 0.584. The molecule has 0 saturated heterocycles. The molecule has 0 unspecified atom stereocenters. The molecule has 0 fully saturated rings. The van der Waals surface area contributed by atoms with Gasteiger partial charge < -0.3 is 11.1 Å². The van der Waals surface area contributed by atoms with Crippen LogP contribution in [0.1, 0.15) is 11.3 Å². The van der Waals surface area contributed by atoms with E-state index in [1.54, 1.807) is 4.68 Å². The number of nitrogens with zero attached hydrogens (tertiary/aromatic N) is 2. The number of hydrogen-bond acceptors (Lipinski definition) is 3. The summed E-state index contributed by atoms with van der Waals surface area (Å²) < 4.78 is 1.81. The zero-order valence-corrected chi connectivity index (χ0v) is 11.3. The van der Waals surface area contributed by atoms with Gasteiger partial charge in [-0.3, -0.25) is 4.68 Å². The first kappa shape index (κ1) is 12.8. The van der Waals surface area contributed by atoms with E-state index < -0.39 is 0 Å². The van der Waals surface area contributed by atoms with E-state index >= 15 is 0 Å². The zero-order chi connectivity index (χ0) is 13.1. The van der Waals surface area contributed by atoms with Crippen LogP contribution in [0.4, 0.5) is 11.4 Å². The van der Waals surface area contributed by atoms with Crippen molar-refractivity contribution in [3.63, 3.8) is 0 Å². The normalized spacial score (nSPS) is 10.6. The number of anilines is 2. The number of aromatic nitrogens is 2. The molecule has 1 heterocycles. The Kier molecular flexibility index (Phi) is 3.77. The van der Waals surface area contributed by atoms with Crippen LogP contribution >= 0.6 is 11.6 Å². The summed E-state index contributed by atoms with van der Waals surface area (Å²) in [4.78, 5) is 0. The lowest BCUT2D eigenvalue weighted by atomic mass is 10.1. The second-order valence-corrected chi connectivity index (χ2v) is 4.75. The average molecular weight is 265 g/mol. The molecule has 0 atom stereocenters. The third-order valence-corrected chi connectivity index (χ3v) is 3.14.